The third-order valence-corrected chi connectivity index (χ3v) is 3.12. The lowest BCUT2D eigenvalue weighted by atomic mass is 10.2. The van der Waals surface area contributed by atoms with Crippen LogP contribution < -0.4 is 5.32 Å². The maximum absolute atomic E-state index is 6.03. The minimum absolute atomic E-state index is 0.402. The maximum atomic E-state index is 6.03. The smallest absolute Gasteiger partial charge is 0.228 e. The highest BCUT2D eigenvalue weighted by Crippen LogP contribution is 2.25. The van der Waals surface area contributed by atoms with Crippen LogP contribution in [0.25, 0.3) is 10.8 Å². The van der Waals surface area contributed by atoms with Gasteiger partial charge in [-0.15, -0.1) is 10.2 Å². The van der Waals surface area contributed by atoms with Crippen molar-refractivity contribution in [3.05, 3.63) is 41.1 Å². The van der Waals surface area contributed by atoms with Gasteiger partial charge < -0.3 is 9.84 Å². The summed E-state index contributed by atoms with van der Waals surface area (Å²) >= 11 is 6.03. The molecule has 0 amide bonds. The van der Waals surface area contributed by atoms with Gasteiger partial charge >= 0.3 is 0 Å². The molecule has 20 heavy (non-hydrogen) atoms. The van der Waals surface area contributed by atoms with Crippen molar-refractivity contribution in [2.45, 2.75) is 13.3 Å². The lowest BCUT2D eigenvalue weighted by Crippen LogP contribution is -2.08. The van der Waals surface area contributed by atoms with Gasteiger partial charge in [0.05, 0.1) is 0 Å². The van der Waals surface area contributed by atoms with Crippen molar-refractivity contribution in [1.82, 2.24) is 20.3 Å². The zero-order valence-electron chi connectivity index (χ0n) is 10.8. The van der Waals surface area contributed by atoms with E-state index in [1.54, 1.807) is 6.92 Å². The number of halogens is 1. The van der Waals surface area contributed by atoms with Gasteiger partial charge in [0.2, 0.25) is 5.89 Å². The molecule has 0 saturated carbocycles. The molecule has 1 N–H and O–H groups in total. The number of aryl methyl sites for hydroxylation is 1. The fourth-order valence-electron chi connectivity index (χ4n) is 1.93. The normalized spacial score (nSPS) is 10.9. The standard InChI is InChI=1S/C13H12ClN5O/c1-8-16-11(20-19-8)6-7-15-13-10-5-3-2-4-9(10)12(14)17-18-13/h2-5H,6-7H2,1H3,(H,15,18). The van der Waals surface area contributed by atoms with Crippen LogP contribution in [0.2, 0.25) is 5.15 Å². The number of fused-ring (bicyclic) bond motifs is 1. The van der Waals surface area contributed by atoms with Crippen LogP contribution in [0.3, 0.4) is 0 Å². The fourth-order valence-corrected chi connectivity index (χ4v) is 2.13. The largest absolute Gasteiger partial charge is 0.368 e. The molecule has 2 heterocycles. The topological polar surface area (TPSA) is 76.7 Å². The first-order valence-electron chi connectivity index (χ1n) is 6.18. The van der Waals surface area contributed by atoms with Crippen molar-refractivity contribution in [2.24, 2.45) is 0 Å². The highest BCUT2D eigenvalue weighted by molar-refractivity contribution is 6.34. The predicted octanol–water partition coefficient (Wildman–Crippen LogP) is 2.63. The molecule has 0 fully saturated rings. The van der Waals surface area contributed by atoms with E-state index >= 15 is 0 Å². The summed E-state index contributed by atoms with van der Waals surface area (Å²) in [5.41, 5.74) is 0. The lowest BCUT2D eigenvalue weighted by molar-refractivity contribution is 0.377. The minimum Gasteiger partial charge on any atom is -0.368 e. The molecule has 0 saturated heterocycles. The molecule has 0 bridgehead atoms. The minimum atomic E-state index is 0.402. The van der Waals surface area contributed by atoms with Gasteiger partial charge in [0.1, 0.15) is 0 Å². The molecule has 0 aliphatic carbocycles. The van der Waals surface area contributed by atoms with Gasteiger partial charge in [-0.1, -0.05) is 41.0 Å². The van der Waals surface area contributed by atoms with Gasteiger partial charge in [-0.25, -0.2) is 0 Å². The van der Waals surface area contributed by atoms with Crippen molar-refractivity contribution in [3.8, 4) is 0 Å². The maximum Gasteiger partial charge on any atom is 0.228 e. The highest BCUT2D eigenvalue weighted by atomic mass is 35.5. The van der Waals surface area contributed by atoms with E-state index in [4.69, 9.17) is 16.1 Å². The number of anilines is 1. The monoisotopic (exact) mass is 289 g/mol. The Kier molecular flexibility index (Phi) is 3.47. The molecule has 102 valence electrons. The Morgan fingerprint density at radius 3 is 2.75 bits per heavy atom. The number of hydrogen-bond acceptors (Lipinski definition) is 6. The first kappa shape index (κ1) is 12.8. The zero-order valence-corrected chi connectivity index (χ0v) is 11.6. The number of nitrogens with one attached hydrogen (secondary N) is 1. The van der Waals surface area contributed by atoms with E-state index in [1.807, 2.05) is 24.3 Å². The van der Waals surface area contributed by atoms with E-state index in [2.05, 4.69) is 25.7 Å². The second kappa shape index (κ2) is 5.42. The van der Waals surface area contributed by atoms with E-state index in [9.17, 15) is 0 Å². The summed E-state index contributed by atoms with van der Waals surface area (Å²) in [6.07, 6.45) is 0.624. The summed E-state index contributed by atoms with van der Waals surface area (Å²) in [5.74, 6) is 1.93. The van der Waals surface area contributed by atoms with E-state index in [0.717, 1.165) is 10.8 Å². The average molecular weight is 290 g/mol. The second-order valence-corrected chi connectivity index (χ2v) is 4.66. The number of nitrogens with zero attached hydrogens (tertiary/aromatic N) is 4. The Balaban J connectivity index is 1.76. The summed E-state index contributed by atoms with van der Waals surface area (Å²) in [4.78, 5) is 4.14. The number of hydrogen-bond donors (Lipinski definition) is 1. The van der Waals surface area contributed by atoms with Crippen molar-refractivity contribution in [1.29, 1.82) is 0 Å². The van der Waals surface area contributed by atoms with E-state index in [0.29, 0.717) is 35.7 Å². The fraction of sp³-hybridized carbons (Fsp3) is 0.231. The molecule has 6 nitrogen and oxygen atoms in total. The third kappa shape index (κ3) is 2.55. The molecule has 0 spiro atoms. The van der Waals surface area contributed by atoms with E-state index in [-0.39, 0.29) is 0 Å². The van der Waals surface area contributed by atoms with Crippen LogP contribution in [0.1, 0.15) is 11.7 Å². The summed E-state index contributed by atoms with van der Waals surface area (Å²) in [7, 11) is 0. The quantitative estimate of drug-likeness (QED) is 0.795. The van der Waals surface area contributed by atoms with Crippen LogP contribution in [0.15, 0.2) is 28.8 Å². The second-order valence-electron chi connectivity index (χ2n) is 4.30. The zero-order chi connectivity index (χ0) is 13.9. The van der Waals surface area contributed by atoms with Crippen molar-refractivity contribution in [3.63, 3.8) is 0 Å². The van der Waals surface area contributed by atoms with Gasteiger partial charge in [0.15, 0.2) is 16.8 Å². The Morgan fingerprint density at radius 2 is 2.00 bits per heavy atom. The van der Waals surface area contributed by atoms with Gasteiger partial charge in [-0.2, -0.15) is 4.98 Å². The SMILES string of the molecule is Cc1noc(CCNc2nnc(Cl)c3ccccc23)n1. The van der Waals surface area contributed by atoms with Crippen LogP contribution in [-0.2, 0) is 6.42 Å². The molecule has 1 aromatic carbocycles. The van der Waals surface area contributed by atoms with Crippen LogP contribution >= 0.6 is 11.6 Å². The van der Waals surface area contributed by atoms with Crippen molar-refractivity contribution >= 4 is 28.2 Å². The van der Waals surface area contributed by atoms with Crippen LogP contribution in [0, 0.1) is 6.92 Å². The number of aromatic nitrogens is 4. The Hall–Kier alpha value is -2.21. The van der Waals surface area contributed by atoms with E-state index < -0.39 is 0 Å². The summed E-state index contributed by atoms with van der Waals surface area (Å²) in [5, 5.41) is 17.2. The van der Waals surface area contributed by atoms with Gasteiger partial charge in [0, 0.05) is 23.7 Å². The molecule has 0 aliphatic heterocycles. The molecule has 0 aliphatic rings. The summed E-state index contributed by atoms with van der Waals surface area (Å²) in [6.45, 7) is 2.42. The highest BCUT2D eigenvalue weighted by Gasteiger charge is 2.08. The molecule has 2 aromatic heterocycles. The van der Waals surface area contributed by atoms with Crippen molar-refractivity contribution < 1.29 is 4.52 Å². The summed E-state index contributed by atoms with van der Waals surface area (Å²) in [6, 6.07) is 7.72. The van der Waals surface area contributed by atoms with Crippen LogP contribution in [0.5, 0.6) is 0 Å². The average Bonchev–Trinajstić information content (AvgIpc) is 2.87. The third-order valence-electron chi connectivity index (χ3n) is 2.84. The van der Waals surface area contributed by atoms with Gasteiger partial charge in [0.25, 0.3) is 0 Å². The Bertz CT molecular complexity index is 742. The van der Waals surface area contributed by atoms with Gasteiger partial charge in [-0.05, 0) is 6.92 Å². The molecule has 7 heteroatoms. The van der Waals surface area contributed by atoms with Crippen LogP contribution in [-0.4, -0.2) is 26.9 Å². The molecule has 3 aromatic rings. The lowest BCUT2D eigenvalue weighted by Gasteiger charge is -2.07. The Morgan fingerprint density at radius 1 is 1.20 bits per heavy atom. The van der Waals surface area contributed by atoms with Crippen molar-refractivity contribution in [2.75, 3.05) is 11.9 Å². The molecular weight excluding hydrogens is 278 g/mol. The Labute approximate surface area is 120 Å². The van der Waals surface area contributed by atoms with E-state index in [1.165, 1.54) is 0 Å². The molecular formula is C13H12ClN5O. The molecule has 0 radical (unpaired) electrons. The predicted molar refractivity (Wildman–Crippen MR) is 75.8 cm³/mol. The molecule has 0 atom stereocenters. The molecule has 0 unspecified atom stereocenters. The molecule has 3 rings (SSSR count). The first-order valence-corrected chi connectivity index (χ1v) is 6.56. The number of benzene rings is 1. The van der Waals surface area contributed by atoms with Gasteiger partial charge in [-0.3, -0.25) is 0 Å². The van der Waals surface area contributed by atoms with Crippen LogP contribution in [0.4, 0.5) is 5.82 Å². The summed E-state index contributed by atoms with van der Waals surface area (Å²) < 4.78 is 5.05. The first-order chi connectivity index (χ1) is 9.74. The number of rotatable bonds is 4.